The van der Waals surface area contributed by atoms with Gasteiger partial charge in [-0.05, 0) is 39.3 Å². The van der Waals surface area contributed by atoms with Crippen molar-refractivity contribution in [3.8, 4) is 0 Å². The summed E-state index contributed by atoms with van der Waals surface area (Å²) in [7, 11) is 0. The average molecular weight is 313 g/mol. The van der Waals surface area contributed by atoms with Crippen LogP contribution in [0.1, 0.15) is 50.9 Å². The van der Waals surface area contributed by atoms with Gasteiger partial charge in [-0.3, -0.25) is 4.79 Å². The van der Waals surface area contributed by atoms with Crippen molar-refractivity contribution in [1.82, 2.24) is 5.32 Å². The Kier molecular flexibility index (Phi) is 6.02. The maximum absolute atomic E-state index is 13.6. The van der Waals surface area contributed by atoms with Crippen molar-refractivity contribution in [2.45, 2.75) is 52.2 Å². The quantitative estimate of drug-likeness (QED) is 0.840. The Bertz CT molecular complexity index is 533. The zero-order valence-corrected chi connectivity index (χ0v) is 13.2. The van der Waals surface area contributed by atoms with Crippen LogP contribution >= 0.6 is 0 Å². The number of nitrogens with one attached hydrogen (secondary N) is 1. The zero-order chi connectivity index (χ0) is 16.9. The Morgan fingerprint density at radius 3 is 2.23 bits per heavy atom. The highest BCUT2D eigenvalue weighted by Gasteiger charge is 2.23. The van der Waals surface area contributed by atoms with E-state index >= 15 is 0 Å². The van der Waals surface area contributed by atoms with E-state index in [1.165, 1.54) is 6.07 Å². The summed E-state index contributed by atoms with van der Waals surface area (Å²) in [5, 5.41) is 2.54. The van der Waals surface area contributed by atoms with Crippen molar-refractivity contribution >= 4 is 11.9 Å². The van der Waals surface area contributed by atoms with Gasteiger partial charge >= 0.3 is 6.09 Å². The highest BCUT2D eigenvalue weighted by atomic mass is 19.1. The minimum Gasteiger partial charge on any atom is -0.444 e. The van der Waals surface area contributed by atoms with Gasteiger partial charge < -0.3 is 10.1 Å². The summed E-state index contributed by atoms with van der Waals surface area (Å²) in [5.41, 5.74) is -1.24. The van der Waals surface area contributed by atoms with Crippen LogP contribution in [0.15, 0.2) is 18.2 Å². The van der Waals surface area contributed by atoms with Gasteiger partial charge in [-0.15, -0.1) is 0 Å². The molecule has 22 heavy (non-hydrogen) atoms. The lowest BCUT2D eigenvalue weighted by atomic mass is 10.0. The van der Waals surface area contributed by atoms with Crippen LogP contribution < -0.4 is 5.32 Å². The molecule has 122 valence electrons. The number of ketones is 1. The molecule has 0 saturated carbocycles. The molecule has 1 rings (SSSR count). The Balaban J connectivity index is 2.74. The summed E-state index contributed by atoms with van der Waals surface area (Å²) in [6.45, 7) is 6.90. The molecule has 1 aromatic carbocycles. The minimum atomic E-state index is -0.905. The molecule has 0 saturated heterocycles. The fourth-order valence-electron chi connectivity index (χ4n) is 1.86. The van der Waals surface area contributed by atoms with Crippen molar-refractivity contribution in [2.24, 2.45) is 0 Å². The monoisotopic (exact) mass is 313 g/mol. The highest BCUT2D eigenvalue weighted by Crippen LogP contribution is 2.16. The predicted molar refractivity (Wildman–Crippen MR) is 78.8 cm³/mol. The maximum atomic E-state index is 13.6. The molecular formula is C16H21F2NO3. The van der Waals surface area contributed by atoms with E-state index in [9.17, 15) is 18.4 Å². The van der Waals surface area contributed by atoms with Crippen LogP contribution in [0.5, 0.6) is 0 Å². The topological polar surface area (TPSA) is 55.4 Å². The Labute approximate surface area is 128 Å². The third-order valence-electron chi connectivity index (χ3n) is 2.89. The van der Waals surface area contributed by atoms with Crippen molar-refractivity contribution in [2.75, 3.05) is 0 Å². The van der Waals surface area contributed by atoms with Crippen molar-refractivity contribution in [1.29, 1.82) is 0 Å². The van der Waals surface area contributed by atoms with Gasteiger partial charge in [0.05, 0.1) is 5.56 Å². The summed E-state index contributed by atoms with van der Waals surface area (Å²) in [5.74, 6) is -2.51. The summed E-state index contributed by atoms with van der Waals surface area (Å²) < 4.78 is 32.2. The normalized spacial score (nSPS) is 12.6. The first-order valence-electron chi connectivity index (χ1n) is 7.10. The zero-order valence-electron chi connectivity index (χ0n) is 13.2. The van der Waals surface area contributed by atoms with Crippen LogP contribution in [0, 0.1) is 11.6 Å². The Hall–Kier alpha value is -1.98. The van der Waals surface area contributed by atoms with E-state index < -0.39 is 40.7 Å². The number of halogens is 2. The second-order valence-corrected chi connectivity index (χ2v) is 5.98. The molecule has 0 spiro atoms. The largest absolute Gasteiger partial charge is 0.444 e. The van der Waals surface area contributed by atoms with E-state index in [2.05, 4.69) is 5.32 Å². The second-order valence-electron chi connectivity index (χ2n) is 5.98. The van der Waals surface area contributed by atoms with Gasteiger partial charge in [0.2, 0.25) is 0 Å². The predicted octanol–water partition coefficient (Wildman–Crippen LogP) is 3.84. The van der Waals surface area contributed by atoms with Gasteiger partial charge in [0.15, 0.2) is 5.78 Å². The van der Waals surface area contributed by atoms with Gasteiger partial charge in [0.25, 0.3) is 0 Å². The number of ether oxygens (including phenoxy) is 1. The molecule has 0 aliphatic rings. The lowest BCUT2D eigenvalue weighted by Crippen LogP contribution is -2.40. The fourth-order valence-corrected chi connectivity index (χ4v) is 1.86. The summed E-state index contributed by atoms with van der Waals surface area (Å²) >= 11 is 0. The summed E-state index contributed by atoms with van der Waals surface area (Å²) in [6, 6.07) is 2.69. The van der Waals surface area contributed by atoms with Crippen LogP contribution in [-0.2, 0) is 4.74 Å². The Morgan fingerprint density at radius 2 is 1.77 bits per heavy atom. The van der Waals surface area contributed by atoms with Gasteiger partial charge in [-0.2, -0.15) is 0 Å². The number of amides is 1. The fraction of sp³-hybridized carbons (Fsp3) is 0.500. The molecule has 1 atom stereocenters. The molecule has 0 aromatic heterocycles. The van der Waals surface area contributed by atoms with E-state index in [0.29, 0.717) is 6.42 Å². The standard InChI is InChI=1S/C16H21F2NO3/c1-5-10(19-15(21)22-16(2,3)4)9-13(20)14-11(17)7-6-8-12(14)18/h6-8,10H,5,9H2,1-4H3,(H,19,21). The van der Waals surface area contributed by atoms with Crippen molar-refractivity contribution in [3.05, 3.63) is 35.4 Å². The van der Waals surface area contributed by atoms with Gasteiger partial charge in [-0.25, -0.2) is 13.6 Å². The van der Waals surface area contributed by atoms with Gasteiger partial charge in [0.1, 0.15) is 17.2 Å². The van der Waals surface area contributed by atoms with Gasteiger partial charge in [0, 0.05) is 12.5 Å². The number of carbonyl (C=O) groups excluding carboxylic acids is 2. The first kappa shape index (κ1) is 18.1. The second kappa shape index (κ2) is 7.33. The molecular weight excluding hydrogens is 292 g/mol. The van der Waals surface area contributed by atoms with E-state index in [0.717, 1.165) is 12.1 Å². The van der Waals surface area contributed by atoms with Gasteiger partial charge in [-0.1, -0.05) is 13.0 Å². The number of alkyl carbamates (subject to hydrolysis) is 1. The molecule has 0 aliphatic heterocycles. The molecule has 0 heterocycles. The number of carbonyl (C=O) groups is 2. The maximum Gasteiger partial charge on any atom is 0.407 e. The SMILES string of the molecule is CCC(CC(=O)c1c(F)cccc1F)NC(=O)OC(C)(C)C. The lowest BCUT2D eigenvalue weighted by molar-refractivity contribution is 0.0500. The number of benzene rings is 1. The number of Topliss-reactive ketones (excluding diaryl/α,β-unsaturated/α-hetero) is 1. The molecule has 1 N–H and O–H groups in total. The van der Waals surface area contributed by atoms with Crippen LogP contribution in [0.2, 0.25) is 0 Å². The number of hydrogen-bond acceptors (Lipinski definition) is 3. The van der Waals surface area contributed by atoms with Crippen LogP contribution in [-0.4, -0.2) is 23.5 Å². The first-order chi connectivity index (χ1) is 10.1. The highest BCUT2D eigenvalue weighted by molar-refractivity contribution is 5.97. The summed E-state index contributed by atoms with van der Waals surface area (Å²) in [4.78, 5) is 23.7. The molecule has 1 unspecified atom stereocenters. The smallest absolute Gasteiger partial charge is 0.407 e. The molecule has 0 fully saturated rings. The van der Waals surface area contributed by atoms with Crippen LogP contribution in [0.4, 0.5) is 13.6 Å². The Morgan fingerprint density at radius 1 is 1.23 bits per heavy atom. The average Bonchev–Trinajstić information content (AvgIpc) is 2.35. The van der Waals surface area contributed by atoms with Crippen molar-refractivity contribution in [3.63, 3.8) is 0 Å². The lowest BCUT2D eigenvalue weighted by Gasteiger charge is -2.22. The molecule has 1 amide bonds. The third kappa shape index (κ3) is 5.42. The van der Waals surface area contributed by atoms with Crippen LogP contribution in [0.3, 0.4) is 0 Å². The van der Waals surface area contributed by atoms with E-state index in [4.69, 9.17) is 4.74 Å². The third-order valence-corrected chi connectivity index (χ3v) is 2.89. The molecule has 0 bridgehead atoms. The number of rotatable bonds is 5. The number of hydrogen-bond donors (Lipinski definition) is 1. The first-order valence-corrected chi connectivity index (χ1v) is 7.10. The summed E-state index contributed by atoms with van der Waals surface area (Å²) in [6.07, 6.45) is -0.435. The van der Waals surface area contributed by atoms with E-state index in [1.807, 2.05) is 0 Å². The molecule has 0 radical (unpaired) electrons. The molecule has 0 aliphatic carbocycles. The minimum absolute atomic E-state index is 0.201. The molecule has 6 heteroatoms. The molecule has 1 aromatic rings. The van der Waals surface area contributed by atoms with Crippen molar-refractivity contribution < 1.29 is 23.1 Å². The van der Waals surface area contributed by atoms with E-state index in [-0.39, 0.29) is 6.42 Å². The van der Waals surface area contributed by atoms with Crippen LogP contribution in [0.25, 0.3) is 0 Å². The van der Waals surface area contributed by atoms with E-state index in [1.54, 1.807) is 27.7 Å². The molecule has 4 nitrogen and oxygen atoms in total.